The molecule has 0 fully saturated rings. The predicted molar refractivity (Wildman–Crippen MR) is 74.0 cm³/mol. The van der Waals surface area contributed by atoms with E-state index in [0.717, 1.165) is 5.56 Å². The summed E-state index contributed by atoms with van der Waals surface area (Å²) >= 11 is 2.88. The highest BCUT2D eigenvalue weighted by molar-refractivity contribution is 9.18. The number of furan rings is 1. The number of rotatable bonds is 4. The van der Waals surface area contributed by atoms with Gasteiger partial charge in [0.2, 0.25) is 4.69 Å². The third-order valence-corrected chi connectivity index (χ3v) is 2.80. The Morgan fingerprint density at radius 1 is 1.26 bits per heavy atom. The number of nitro groups is 1. The fraction of sp³-hybridized carbons (Fsp3) is 0. The fourth-order valence-electron chi connectivity index (χ4n) is 1.47. The van der Waals surface area contributed by atoms with E-state index < -0.39 is 4.92 Å². The molecule has 0 aliphatic carbocycles. The number of carbonyl (C=O) groups is 1. The molecule has 1 aromatic carbocycles. The number of nitrogens with zero attached hydrogens (tertiary/aromatic N) is 1. The van der Waals surface area contributed by atoms with Gasteiger partial charge in [-0.3, -0.25) is 14.9 Å². The number of hydrogen-bond donors (Lipinski definition) is 0. The summed E-state index contributed by atoms with van der Waals surface area (Å²) in [7, 11) is 0. The normalized spacial score (nSPS) is 10.8. The van der Waals surface area contributed by atoms with Crippen LogP contribution in [0.25, 0.3) is 12.2 Å². The summed E-state index contributed by atoms with van der Waals surface area (Å²) in [5.41, 5.74) is 1.33. The maximum Gasteiger partial charge on any atom is 0.433 e. The van der Waals surface area contributed by atoms with Gasteiger partial charge in [0, 0.05) is 5.56 Å². The molecule has 0 spiro atoms. The van der Waals surface area contributed by atoms with Gasteiger partial charge in [0.1, 0.15) is 10.7 Å². The highest BCUT2D eigenvalue weighted by atomic mass is 79.9. The second-order valence-electron chi connectivity index (χ2n) is 3.67. The molecule has 1 heterocycles. The molecule has 19 heavy (non-hydrogen) atoms. The minimum atomic E-state index is -0.596. The molecule has 0 saturated heterocycles. The molecule has 0 aliphatic heterocycles. The maximum atomic E-state index is 11.1. The van der Waals surface area contributed by atoms with Gasteiger partial charge in [-0.15, -0.1) is 0 Å². The van der Waals surface area contributed by atoms with E-state index in [1.165, 1.54) is 12.1 Å². The fourth-order valence-corrected chi connectivity index (χ4v) is 1.72. The summed E-state index contributed by atoms with van der Waals surface area (Å²) in [5, 5.41) is 10.5. The molecule has 0 atom stereocenters. The lowest BCUT2D eigenvalue weighted by Crippen LogP contribution is -1.87. The average molecular weight is 322 g/mol. The van der Waals surface area contributed by atoms with Crippen LogP contribution in [0.5, 0.6) is 0 Å². The molecule has 6 heteroatoms. The molecule has 0 unspecified atom stereocenters. The summed E-state index contributed by atoms with van der Waals surface area (Å²) in [6.45, 7) is 0. The second-order valence-corrected chi connectivity index (χ2v) is 4.39. The molecule has 0 N–H and O–H groups in total. The minimum Gasteiger partial charge on any atom is -0.401 e. The van der Waals surface area contributed by atoms with Crippen LogP contribution < -0.4 is 0 Å². The van der Waals surface area contributed by atoms with Crippen LogP contribution in [0.1, 0.15) is 21.7 Å². The Labute approximate surface area is 116 Å². The number of carbonyl (C=O) groups excluding carboxylic acids is 1. The highest BCUT2D eigenvalue weighted by Gasteiger charge is 2.09. The summed E-state index contributed by atoms with van der Waals surface area (Å²) in [6.07, 6.45) is 3.31. The van der Waals surface area contributed by atoms with Gasteiger partial charge in [-0.1, -0.05) is 24.3 Å². The molecule has 1 aromatic heterocycles. The molecule has 0 radical (unpaired) electrons. The van der Waals surface area contributed by atoms with Gasteiger partial charge in [-0.25, -0.2) is 0 Å². The van der Waals surface area contributed by atoms with Crippen LogP contribution in [0.4, 0.5) is 5.88 Å². The quantitative estimate of drug-likeness (QED) is 0.486. The van der Waals surface area contributed by atoms with Crippen LogP contribution in [-0.4, -0.2) is 9.62 Å². The Hall–Kier alpha value is -2.21. The average Bonchev–Trinajstić information content (AvgIpc) is 2.85. The van der Waals surface area contributed by atoms with Gasteiger partial charge < -0.3 is 4.42 Å². The minimum absolute atomic E-state index is 0.198. The second kappa shape index (κ2) is 5.62. The Morgan fingerprint density at radius 2 is 2.05 bits per heavy atom. The van der Waals surface area contributed by atoms with E-state index in [1.807, 2.05) is 6.07 Å². The molecule has 96 valence electrons. The van der Waals surface area contributed by atoms with Gasteiger partial charge in [-0.2, -0.15) is 0 Å². The van der Waals surface area contributed by atoms with Crippen LogP contribution in [0, 0.1) is 10.1 Å². The van der Waals surface area contributed by atoms with Crippen molar-refractivity contribution in [3.8, 4) is 0 Å². The summed E-state index contributed by atoms with van der Waals surface area (Å²) in [4.78, 5) is 21.0. The topological polar surface area (TPSA) is 73.3 Å². The largest absolute Gasteiger partial charge is 0.433 e. The van der Waals surface area contributed by atoms with Crippen LogP contribution in [-0.2, 0) is 0 Å². The Balaban J connectivity index is 2.19. The van der Waals surface area contributed by atoms with E-state index in [4.69, 9.17) is 4.42 Å². The van der Waals surface area contributed by atoms with Gasteiger partial charge in [0.25, 0.3) is 0 Å². The van der Waals surface area contributed by atoms with E-state index in [-0.39, 0.29) is 10.6 Å². The number of hydrogen-bond acceptors (Lipinski definition) is 4. The van der Waals surface area contributed by atoms with Gasteiger partial charge in [0.15, 0.2) is 0 Å². The molecule has 0 amide bonds. The summed E-state index contributed by atoms with van der Waals surface area (Å²) < 4.78 is 4.78. The van der Waals surface area contributed by atoms with Crippen molar-refractivity contribution in [1.29, 1.82) is 0 Å². The zero-order valence-corrected chi connectivity index (χ0v) is 11.2. The first-order valence-corrected chi connectivity index (χ1v) is 6.08. The van der Waals surface area contributed by atoms with Crippen LogP contribution in [0.3, 0.4) is 0 Å². The number of halogens is 1. The molecule has 2 aromatic rings. The molecule has 0 saturated carbocycles. The monoisotopic (exact) mass is 321 g/mol. The van der Waals surface area contributed by atoms with Gasteiger partial charge in [0.05, 0.1) is 6.07 Å². The van der Waals surface area contributed by atoms with E-state index in [2.05, 4.69) is 15.9 Å². The molecular weight excluding hydrogens is 314 g/mol. The van der Waals surface area contributed by atoms with E-state index in [0.29, 0.717) is 11.3 Å². The molecular formula is C13H8BrNO4. The first-order chi connectivity index (χ1) is 9.06. The third-order valence-electron chi connectivity index (χ3n) is 2.35. The SMILES string of the molecule is O=C(Br)c1cccc(C=Cc2ccc([N+](=O)[O-])o2)c1. The maximum absolute atomic E-state index is 11.1. The molecule has 0 aliphatic rings. The number of benzene rings is 1. The van der Waals surface area contributed by atoms with Crippen molar-refractivity contribution in [3.63, 3.8) is 0 Å². The lowest BCUT2D eigenvalue weighted by molar-refractivity contribution is -0.402. The third kappa shape index (κ3) is 3.38. The van der Waals surface area contributed by atoms with Gasteiger partial charge >= 0.3 is 5.88 Å². The van der Waals surface area contributed by atoms with Crippen molar-refractivity contribution >= 4 is 38.7 Å². The van der Waals surface area contributed by atoms with Crippen molar-refractivity contribution in [3.05, 3.63) is 63.4 Å². The van der Waals surface area contributed by atoms with Crippen LogP contribution >= 0.6 is 15.9 Å². The Morgan fingerprint density at radius 3 is 2.68 bits per heavy atom. The lowest BCUT2D eigenvalue weighted by atomic mass is 10.1. The smallest absolute Gasteiger partial charge is 0.401 e. The first kappa shape index (κ1) is 13.2. The zero-order valence-electron chi connectivity index (χ0n) is 9.58. The summed E-state index contributed by atoms with van der Waals surface area (Å²) in [6, 6.07) is 9.75. The predicted octanol–water partition coefficient (Wildman–Crippen LogP) is 3.89. The first-order valence-electron chi connectivity index (χ1n) is 5.28. The molecule has 0 bridgehead atoms. The van der Waals surface area contributed by atoms with E-state index >= 15 is 0 Å². The lowest BCUT2D eigenvalue weighted by Gasteiger charge is -1.96. The van der Waals surface area contributed by atoms with Crippen molar-refractivity contribution in [2.45, 2.75) is 0 Å². The Bertz CT molecular complexity index is 660. The molecule has 2 rings (SSSR count). The summed E-state index contributed by atoms with van der Waals surface area (Å²) in [5.74, 6) is 0.0753. The van der Waals surface area contributed by atoms with Crippen molar-refractivity contribution in [2.75, 3.05) is 0 Å². The highest BCUT2D eigenvalue weighted by Crippen LogP contribution is 2.18. The van der Waals surface area contributed by atoms with E-state index in [1.54, 1.807) is 30.4 Å². The molecule has 5 nitrogen and oxygen atoms in total. The van der Waals surface area contributed by atoms with Crippen molar-refractivity contribution in [1.82, 2.24) is 0 Å². The van der Waals surface area contributed by atoms with Crippen molar-refractivity contribution < 1.29 is 14.1 Å². The van der Waals surface area contributed by atoms with Crippen molar-refractivity contribution in [2.24, 2.45) is 0 Å². The Kier molecular flexibility index (Phi) is 3.91. The van der Waals surface area contributed by atoms with Gasteiger partial charge in [-0.05, 0) is 39.7 Å². The van der Waals surface area contributed by atoms with E-state index in [9.17, 15) is 14.9 Å². The standard InChI is InChI=1S/C13H8BrNO4/c14-13(16)10-3-1-2-9(8-10)4-5-11-6-7-12(19-11)15(17)18/h1-8H. The zero-order chi connectivity index (χ0) is 13.8. The van der Waals surface area contributed by atoms with Crippen LogP contribution in [0.2, 0.25) is 0 Å². The van der Waals surface area contributed by atoms with Crippen LogP contribution in [0.15, 0.2) is 40.8 Å².